The van der Waals surface area contributed by atoms with Crippen LogP contribution in [0.3, 0.4) is 0 Å². The molecule has 3 aliphatic carbocycles. The number of pyridine rings is 1. The molecule has 0 bridgehead atoms. The van der Waals surface area contributed by atoms with Crippen LogP contribution in [-0.4, -0.2) is 97.0 Å². The number of fused-ring (bicyclic) bond motifs is 1. The van der Waals surface area contributed by atoms with Crippen LogP contribution in [0.1, 0.15) is 65.7 Å². The third-order valence-corrected chi connectivity index (χ3v) is 12.8. The minimum absolute atomic E-state index is 0.113. The van der Waals surface area contributed by atoms with Gasteiger partial charge in [-0.3, -0.25) is 19.1 Å². The van der Waals surface area contributed by atoms with Crippen LogP contribution in [-0.2, 0) is 29.1 Å². The summed E-state index contributed by atoms with van der Waals surface area (Å²) in [5.74, 6) is -2.67. The van der Waals surface area contributed by atoms with Gasteiger partial charge in [0.25, 0.3) is 5.91 Å². The van der Waals surface area contributed by atoms with E-state index in [1.165, 1.54) is 13.3 Å². The molecular weight excluding hydrogens is 759 g/mol. The van der Waals surface area contributed by atoms with Crippen LogP contribution in [0.5, 0.6) is 11.6 Å². The van der Waals surface area contributed by atoms with E-state index in [0.29, 0.717) is 47.7 Å². The predicted octanol–water partition coefficient (Wildman–Crippen LogP) is 4.23. The highest BCUT2D eigenvalue weighted by molar-refractivity contribution is 7.91. The highest BCUT2D eigenvalue weighted by atomic mass is 35.5. The Labute approximate surface area is 315 Å². The third kappa shape index (κ3) is 8.28. The molecule has 54 heavy (non-hydrogen) atoms. The molecule has 4 amide bonds. The van der Waals surface area contributed by atoms with Crippen molar-refractivity contribution < 1.29 is 55.0 Å². The normalized spacial score (nSPS) is 25.6. The minimum Gasteiger partial charge on any atom is -0.494 e. The lowest BCUT2D eigenvalue weighted by Gasteiger charge is -2.32. The number of methoxy groups -OCH3 is 1. The molecule has 4 aliphatic rings. The van der Waals surface area contributed by atoms with E-state index >= 15 is 0 Å². The van der Waals surface area contributed by atoms with Gasteiger partial charge in [-0.1, -0.05) is 31.9 Å². The maximum Gasteiger partial charge on any atom is 0.425 e. The van der Waals surface area contributed by atoms with Crippen molar-refractivity contribution >= 4 is 56.2 Å². The van der Waals surface area contributed by atoms with E-state index in [1.807, 2.05) is 0 Å². The van der Waals surface area contributed by atoms with E-state index < -0.39 is 81.0 Å². The second kappa shape index (κ2) is 14.9. The van der Waals surface area contributed by atoms with Crippen molar-refractivity contribution in [2.24, 2.45) is 17.8 Å². The molecule has 19 heteroatoms. The largest absolute Gasteiger partial charge is 0.494 e. The Bertz CT molecular complexity index is 1930. The van der Waals surface area contributed by atoms with Gasteiger partial charge in [-0.05, 0) is 75.0 Å². The van der Waals surface area contributed by atoms with Crippen LogP contribution in [0, 0.1) is 17.8 Å². The lowest BCUT2D eigenvalue weighted by Crippen LogP contribution is -2.59. The molecule has 0 unspecified atom stereocenters. The van der Waals surface area contributed by atoms with Gasteiger partial charge < -0.3 is 29.7 Å². The molecule has 14 nitrogen and oxygen atoms in total. The lowest BCUT2D eigenvalue weighted by molar-refractivity contribution is -0.197. The summed E-state index contributed by atoms with van der Waals surface area (Å²) < 4.78 is 83.5. The van der Waals surface area contributed by atoms with Crippen molar-refractivity contribution in [1.29, 1.82) is 0 Å². The topological polar surface area (TPSA) is 182 Å². The predicted molar refractivity (Wildman–Crippen MR) is 188 cm³/mol. The molecule has 296 valence electrons. The number of carbonyl (C=O) groups is 4. The Kier molecular flexibility index (Phi) is 10.9. The molecule has 1 aliphatic heterocycles. The first-order chi connectivity index (χ1) is 25.4. The average molecular weight is 802 g/mol. The van der Waals surface area contributed by atoms with Crippen LogP contribution in [0.25, 0.3) is 10.8 Å². The van der Waals surface area contributed by atoms with E-state index in [9.17, 15) is 40.8 Å². The van der Waals surface area contributed by atoms with E-state index in [4.69, 9.17) is 21.1 Å². The van der Waals surface area contributed by atoms with Gasteiger partial charge in [0.15, 0.2) is 6.10 Å². The standard InChI is InChI=1S/C35H43ClF3N5O9S/c1-5-17(2)28(41-33(48)52-18(3)35(37,38)39)31(46)44-16-21(53-30-24-12-20(36)8-11-23(24)27(51-4)15-40-30)13-26(44)29(45)42-34(14-25(34)19-6-7-19)32(47)43-54(49,50)22-9-10-22/h8,11-12,15,17-19,21-22,25-26,28H,5-7,9-10,13-14,16H2,1-4H3,(H,41,48)(H,42,45)(H,43,47)/t17-,18-,21-,25+,26+,28+,34-/m1/s1. The van der Waals surface area contributed by atoms with E-state index in [0.717, 1.165) is 17.7 Å². The Morgan fingerprint density at radius 2 is 1.81 bits per heavy atom. The fraction of sp³-hybridized carbons (Fsp3) is 0.629. The van der Waals surface area contributed by atoms with Gasteiger partial charge in [0.05, 0.1) is 25.1 Å². The number of nitrogens with one attached hydrogen (secondary N) is 3. The molecule has 6 rings (SSSR count). The van der Waals surface area contributed by atoms with Crippen LogP contribution in [0.15, 0.2) is 24.4 Å². The summed E-state index contributed by atoms with van der Waals surface area (Å²) in [6.45, 7) is 3.75. The Balaban J connectivity index is 1.29. The number of alkyl carbamates (subject to hydrolysis) is 1. The molecule has 1 saturated heterocycles. The van der Waals surface area contributed by atoms with Gasteiger partial charge in [-0.15, -0.1) is 0 Å². The fourth-order valence-corrected chi connectivity index (χ4v) is 8.54. The number of sulfonamides is 1. The number of hydrogen-bond donors (Lipinski definition) is 3. The second-order valence-corrected chi connectivity index (χ2v) is 17.1. The zero-order chi connectivity index (χ0) is 39.3. The highest BCUT2D eigenvalue weighted by Crippen LogP contribution is 2.57. The number of hydrogen-bond acceptors (Lipinski definition) is 10. The molecule has 3 N–H and O–H groups in total. The molecular formula is C35H43ClF3N5O9S. The van der Waals surface area contributed by atoms with Crippen molar-refractivity contribution in [3.05, 3.63) is 29.4 Å². The Morgan fingerprint density at radius 3 is 2.43 bits per heavy atom. The van der Waals surface area contributed by atoms with E-state index in [2.05, 4.69) is 25.1 Å². The highest BCUT2D eigenvalue weighted by Gasteiger charge is 2.67. The van der Waals surface area contributed by atoms with Crippen LogP contribution in [0.2, 0.25) is 5.02 Å². The van der Waals surface area contributed by atoms with Gasteiger partial charge in [0, 0.05) is 22.2 Å². The van der Waals surface area contributed by atoms with Crippen molar-refractivity contribution in [3.63, 3.8) is 0 Å². The van der Waals surface area contributed by atoms with Crippen LogP contribution in [0.4, 0.5) is 18.0 Å². The molecule has 7 atom stereocenters. The molecule has 2 aromatic rings. The van der Waals surface area contributed by atoms with Crippen LogP contribution < -0.4 is 24.8 Å². The zero-order valence-corrected chi connectivity index (χ0v) is 31.6. The summed E-state index contributed by atoms with van der Waals surface area (Å²) >= 11 is 6.29. The first-order valence-corrected chi connectivity index (χ1v) is 19.8. The van der Waals surface area contributed by atoms with Gasteiger partial charge in [-0.25, -0.2) is 18.2 Å². The van der Waals surface area contributed by atoms with Gasteiger partial charge in [0.2, 0.25) is 27.7 Å². The van der Waals surface area contributed by atoms with Crippen LogP contribution >= 0.6 is 11.6 Å². The number of likely N-dealkylation sites (tertiary alicyclic amines) is 1. The molecule has 1 aromatic carbocycles. The number of carbonyl (C=O) groups excluding carboxylic acids is 4. The fourth-order valence-electron chi connectivity index (χ4n) is 7.01. The molecule has 3 saturated carbocycles. The molecule has 4 fully saturated rings. The summed E-state index contributed by atoms with van der Waals surface area (Å²) in [5, 5.41) is 5.86. The van der Waals surface area contributed by atoms with Gasteiger partial charge >= 0.3 is 12.3 Å². The van der Waals surface area contributed by atoms with Gasteiger partial charge in [0.1, 0.15) is 29.5 Å². The third-order valence-electron chi connectivity index (χ3n) is 10.8. The number of ether oxygens (including phenoxy) is 3. The zero-order valence-electron chi connectivity index (χ0n) is 30.1. The Morgan fingerprint density at radius 1 is 1.11 bits per heavy atom. The molecule has 2 heterocycles. The summed E-state index contributed by atoms with van der Waals surface area (Å²) in [6.07, 6.45) is -5.37. The summed E-state index contributed by atoms with van der Waals surface area (Å²) in [5.41, 5.74) is -1.52. The maximum atomic E-state index is 14.4. The molecule has 0 spiro atoms. The summed E-state index contributed by atoms with van der Waals surface area (Å²) in [7, 11) is -2.47. The first kappa shape index (κ1) is 39.6. The number of aromatic nitrogens is 1. The second-order valence-electron chi connectivity index (χ2n) is 14.7. The van der Waals surface area contributed by atoms with E-state index in [1.54, 1.807) is 32.0 Å². The average Bonchev–Trinajstić information content (AvgIpc) is 3.98. The number of amides is 4. The smallest absolute Gasteiger partial charge is 0.425 e. The molecule has 0 radical (unpaired) electrons. The number of nitrogens with zero attached hydrogens (tertiary/aromatic N) is 2. The van der Waals surface area contributed by atoms with E-state index in [-0.39, 0.29) is 37.1 Å². The van der Waals surface area contributed by atoms with Gasteiger partial charge in [-0.2, -0.15) is 13.2 Å². The van der Waals surface area contributed by atoms with Crippen molar-refractivity contribution in [2.75, 3.05) is 13.7 Å². The van der Waals surface area contributed by atoms with Crippen molar-refractivity contribution in [3.8, 4) is 11.6 Å². The first-order valence-electron chi connectivity index (χ1n) is 17.9. The lowest BCUT2D eigenvalue weighted by atomic mass is 9.97. The monoisotopic (exact) mass is 801 g/mol. The Hall–Kier alpha value is -4.06. The van der Waals surface area contributed by atoms with Crippen molar-refractivity contribution in [2.45, 2.75) is 107 Å². The number of alkyl halides is 3. The van der Waals surface area contributed by atoms with Crippen molar-refractivity contribution in [1.82, 2.24) is 25.2 Å². The number of halogens is 4. The molecule has 1 aromatic heterocycles. The minimum atomic E-state index is -4.85. The SMILES string of the molecule is CC[C@@H](C)[C@H](NC(=O)O[C@H](C)C(F)(F)F)C(=O)N1C[C@H](Oc2ncc(OC)c3ccc(Cl)cc23)C[C@H]1C(=O)N[C@]1(C(=O)NS(=O)(=O)C2CC2)C[C@H]1C1CC1. The quantitative estimate of drug-likeness (QED) is 0.250. The maximum absolute atomic E-state index is 14.4. The number of rotatable bonds is 14. The number of benzene rings is 1. The summed E-state index contributed by atoms with van der Waals surface area (Å²) in [6, 6.07) is 2.26. The summed E-state index contributed by atoms with van der Waals surface area (Å²) in [4.78, 5) is 60.6.